The zero-order valence-corrected chi connectivity index (χ0v) is 24.2. The Balaban J connectivity index is 1.70. The van der Waals surface area contributed by atoms with E-state index in [2.05, 4.69) is 5.32 Å². The van der Waals surface area contributed by atoms with E-state index in [1.807, 2.05) is 0 Å². The third-order valence-electron chi connectivity index (χ3n) is 6.94. The molecule has 1 saturated carbocycles. The van der Waals surface area contributed by atoms with Crippen molar-refractivity contribution in [3.8, 4) is 0 Å². The quantitative estimate of drug-likeness (QED) is 0.316. The summed E-state index contributed by atoms with van der Waals surface area (Å²) in [5, 5.41) is 3.60. The summed E-state index contributed by atoms with van der Waals surface area (Å²) in [6.45, 7) is 0.796. The van der Waals surface area contributed by atoms with Crippen molar-refractivity contribution in [2.24, 2.45) is 0 Å². The Labute approximate surface area is 243 Å². The summed E-state index contributed by atoms with van der Waals surface area (Å²) < 4.78 is 43.1. The molecular formula is C29H30Cl2FN3O4S. The molecule has 0 unspecified atom stereocenters. The predicted molar refractivity (Wildman–Crippen MR) is 154 cm³/mol. The fourth-order valence-electron chi connectivity index (χ4n) is 4.70. The minimum absolute atomic E-state index is 0.0187. The van der Waals surface area contributed by atoms with Gasteiger partial charge in [0.15, 0.2) is 0 Å². The minimum Gasteiger partial charge on any atom is -0.352 e. The van der Waals surface area contributed by atoms with Crippen LogP contribution in [0.1, 0.15) is 38.2 Å². The topological polar surface area (TPSA) is 86.8 Å². The summed E-state index contributed by atoms with van der Waals surface area (Å²) >= 11 is 12.3. The summed E-state index contributed by atoms with van der Waals surface area (Å²) in [6, 6.07) is 16.7. The Bertz CT molecular complexity index is 1470. The maximum absolute atomic E-state index is 15.0. The predicted octanol–water partition coefficient (Wildman–Crippen LogP) is 5.80. The molecule has 1 aliphatic rings. The summed E-state index contributed by atoms with van der Waals surface area (Å²) in [5.41, 5.74) is 0.309. The minimum atomic E-state index is -4.35. The summed E-state index contributed by atoms with van der Waals surface area (Å²) in [4.78, 5) is 28.3. The smallest absolute Gasteiger partial charge is 0.264 e. The summed E-state index contributed by atoms with van der Waals surface area (Å²) in [5.74, 6) is -1.86. The van der Waals surface area contributed by atoms with Crippen LogP contribution in [-0.4, -0.2) is 43.8 Å². The van der Waals surface area contributed by atoms with Gasteiger partial charge in [-0.15, -0.1) is 0 Å². The molecule has 1 N–H and O–H groups in total. The number of amides is 2. The van der Waals surface area contributed by atoms with Crippen molar-refractivity contribution in [3.63, 3.8) is 0 Å². The Hall–Kier alpha value is -3.14. The second kappa shape index (κ2) is 13.0. The average Bonchev–Trinajstić information content (AvgIpc) is 3.45. The Kier molecular flexibility index (Phi) is 9.71. The van der Waals surface area contributed by atoms with Crippen LogP contribution in [0.15, 0.2) is 77.7 Å². The zero-order valence-electron chi connectivity index (χ0n) is 21.9. The van der Waals surface area contributed by atoms with Crippen LogP contribution in [0, 0.1) is 5.82 Å². The molecule has 0 heterocycles. The van der Waals surface area contributed by atoms with Gasteiger partial charge in [-0.2, -0.15) is 0 Å². The van der Waals surface area contributed by atoms with Crippen LogP contribution in [0.2, 0.25) is 10.0 Å². The molecule has 11 heteroatoms. The summed E-state index contributed by atoms with van der Waals surface area (Å²) in [6.07, 6.45) is 3.74. The fraction of sp³-hybridized carbons (Fsp3) is 0.310. The van der Waals surface area contributed by atoms with E-state index in [9.17, 15) is 22.4 Å². The van der Waals surface area contributed by atoms with Crippen LogP contribution >= 0.6 is 23.2 Å². The highest BCUT2D eigenvalue weighted by atomic mass is 35.5. The molecule has 40 heavy (non-hydrogen) atoms. The molecule has 212 valence electrons. The van der Waals surface area contributed by atoms with Gasteiger partial charge in [-0.25, -0.2) is 12.8 Å². The molecule has 3 aromatic carbocycles. The molecule has 0 aliphatic heterocycles. The first-order valence-corrected chi connectivity index (χ1v) is 15.1. The lowest BCUT2D eigenvalue weighted by Crippen LogP contribution is -2.52. The molecule has 0 spiro atoms. The van der Waals surface area contributed by atoms with Gasteiger partial charge < -0.3 is 10.2 Å². The van der Waals surface area contributed by atoms with Crippen LogP contribution < -0.4 is 9.62 Å². The van der Waals surface area contributed by atoms with Gasteiger partial charge >= 0.3 is 0 Å². The molecule has 1 aliphatic carbocycles. The van der Waals surface area contributed by atoms with Crippen molar-refractivity contribution >= 4 is 50.7 Å². The van der Waals surface area contributed by atoms with E-state index in [1.165, 1.54) is 35.2 Å². The highest BCUT2D eigenvalue weighted by Gasteiger charge is 2.34. The molecule has 3 aromatic rings. The second-order valence-electron chi connectivity index (χ2n) is 9.71. The molecule has 0 bridgehead atoms. The Morgan fingerprint density at radius 2 is 1.62 bits per heavy atom. The number of carbonyl (C=O) groups is 2. The molecule has 1 fully saturated rings. The van der Waals surface area contributed by atoms with Crippen LogP contribution in [0.25, 0.3) is 0 Å². The second-order valence-corrected chi connectivity index (χ2v) is 12.4. The van der Waals surface area contributed by atoms with Crippen molar-refractivity contribution in [3.05, 3.63) is 94.2 Å². The van der Waals surface area contributed by atoms with Crippen molar-refractivity contribution in [1.82, 2.24) is 10.2 Å². The lowest BCUT2D eigenvalue weighted by molar-refractivity contribution is -0.139. The van der Waals surface area contributed by atoms with Crippen LogP contribution in [-0.2, 0) is 26.2 Å². The lowest BCUT2D eigenvalue weighted by Gasteiger charge is -2.32. The zero-order chi connectivity index (χ0) is 28.9. The molecule has 7 nitrogen and oxygen atoms in total. The van der Waals surface area contributed by atoms with E-state index in [4.69, 9.17) is 23.2 Å². The van der Waals surface area contributed by atoms with Gasteiger partial charge in [-0.1, -0.05) is 72.4 Å². The molecule has 0 radical (unpaired) electrons. The highest BCUT2D eigenvalue weighted by molar-refractivity contribution is 7.92. The number of hydrogen-bond acceptors (Lipinski definition) is 4. The molecule has 4 rings (SSSR count). The SMILES string of the molecule is C[C@@H](C(=O)NC1CCCC1)N(Cc1ccc(Cl)c(Cl)c1)C(=O)CN(c1ccccc1F)S(=O)(=O)c1ccccc1. The first kappa shape index (κ1) is 29.8. The van der Waals surface area contributed by atoms with Gasteiger partial charge in [-0.05, 0) is 61.7 Å². The van der Waals surface area contributed by atoms with E-state index in [-0.39, 0.29) is 34.1 Å². The number of nitrogens with zero attached hydrogens (tertiary/aromatic N) is 2. The number of rotatable bonds is 10. The Morgan fingerprint density at radius 3 is 2.27 bits per heavy atom. The van der Waals surface area contributed by atoms with E-state index >= 15 is 0 Å². The monoisotopic (exact) mass is 605 g/mol. The van der Waals surface area contributed by atoms with Gasteiger partial charge in [0.1, 0.15) is 18.4 Å². The third-order valence-corrected chi connectivity index (χ3v) is 9.45. The number of halogens is 3. The van der Waals surface area contributed by atoms with Gasteiger partial charge in [0.05, 0.1) is 20.6 Å². The number of carbonyl (C=O) groups excluding carboxylic acids is 2. The maximum atomic E-state index is 15.0. The van der Waals surface area contributed by atoms with E-state index in [1.54, 1.807) is 43.3 Å². The standard InChI is InChI=1S/C29H30Cl2FN3O4S/c1-20(29(37)33-22-9-5-6-10-22)34(18-21-15-16-24(30)25(31)17-21)28(36)19-35(27-14-8-7-13-26(27)32)40(38,39)23-11-3-2-4-12-23/h2-4,7-8,11-17,20,22H,5-6,9-10,18-19H2,1H3,(H,33,37)/t20-/m0/s1. The molecule has 0 saturated heterocycles. The van der Waals surface area contributed by atoms with E-state index in [0.717, 1.165) is 36.1 Å². The number of anilines is 1. The van der Waals surface area contributed by atoms with Gasteiger partial charge in [0, 0.05) is 12.6 Å². The van der Waals surface area contributed by atoms with Crippen LogP contribution in [0.3, 0.4) is 0 Å². The first-order chi connectivity index (χ1) is 19.1. The van der Waals surface area contributed by atoms with E-state index in [0.29, 0.717) is 10.6 Å². The lowest BCUT2D eigenvalue weighted by atomic mass is 10.1. The molecule has 0 aromatic heterocycles. The first-order valence-electron chi connectivity index (χ1n) is 12.9. The van der Waals surface area contributed by atoms with Crippen LogP contribution in [0.4, 0.5) is 10.1 Å². The van der Waals surface area contributed by atoms with Crippen molar-refractivity contribution in [2.45, 2.75) is 56.1 Å². The molecular weight excluding hydrogens is 576 g/mol. The number of sulfonamides is 1. The number of para-hydroxylation sites is 1. The normalized spacial score (nSPS) is 14.5. The average molecular weight is 607 g/mol. The fourth-order valence-corrected chi connectivity index (χ4v) is 6.46. The van der Waals surface area contributed by atoms with Gasteiger partial charge in [0.2, 0.25) is 11.8 Å². The van der Waals surface area contributed by atoms with Crippen LogP contribution in [0.5, 0.6) is 0 Å². The number of nitrogens with one attached hydrogen (secondary N) is 1. The third kappa shape index (κ3) is 6.95. The summed E-state index contributed by atoms with van der Waals surface area (Å²) in [7, 11) is -4.35. The van der Waals surface area contributed by atoms with Crippen molar-refractivity contribution in [2.75, 3.05) is 10.8 Å². The van der Waals surface area contributed by atoms with Crippen molar-refractivity contribution < 1.29 is 22.4 Å². The van der Waals surface area contributed by atoms with Gasteiger partial charge in [0.25, 0.3) is 10.0 Å². The maximum Gasteiger partial charge on any atom is 0.264 e. The number of hydrogen-bond donors (Lipinski definition) is 1. The number of benzene rings is 3. The molecule has 2 amide bonds. The highest BCUT2D eigenvalue weighted by Crippen LogP contribution is 2.28. The Morgan fingerprint density at radius 1 is 0.975 bits per heavy atom. The largest absolute Gasteiger partial charge is 0.352 e. The van der Waals surface area contributed by atoms with Crippen molar-refractivity contribution in [1.29, 1.82) is 0 Å². The van der Waals surface area contributed by atoms with E-state index < -0.39 is 34.3 Å². The van der Waals surface area contributed by atoms with Gasteiger partial charge in [-0.3, -0.25) is 13.9 Å². The molecule has 1 atom stereocenters.